The van der Waals surface area contributed by atoms with Crippen LogP contribution in [0.25, 0.3) is 0 Å². The minimum Gasteiger partial charge on any atom is -0.353 e. The Hall–Kier alpha value is 0.0100. The van der Waals surface area contributed by atoms with Crippen molar-refractivity contribution in [3.05, 3.63) is 0 Å². The average molecular weight is 239 g/mol. The Bertz CT molecular complexity index is 233. The molecule has 1 unspecified atom stereocenters. The summed E-state index contributed by atoms with van der Waals surface area (Å²) in [5, 5.41) is 2.72. The zero-order valence-electron chi connectivity index (χ0n) is 9.07. The van der Waals surface area contributed by atoms with Crippen LogP contribution < -0.4 is 5.32 Å². The molecule has 0 bridgehead atoms. The summed E-state index contributed by atoms with van der Waals surface area (Å²) in [7, 11) is 0. The zero-order chi connectivity index (χ0) is 11.2. The average Bonchev–Trinajstić information content (AvgIpc) is 2.00. The molecule has 0 radical (unpaired) electrons. The van der Waals surface area contributed by atoms with Crippen molar-refractivity contribution in [2.45, 2.75) is 26.8 Å². The lowest BCUT2D eigenvalue weighted by molar-refractivity contribution is -0.119. The van der Waals surface area contributed by atoms with Gasteiger partial charge in [0, 0.05) is 12.7 Å². The lowest BCUT2D eigenvalue weighted by Gasteiger charge is -2.12. The van der Waals surface area contributed by atoms with Crippen molar-refractivity contribution in [1.29, 1.82) is 0 Å². The number of rotatable bonds is 6. The first-order valence-electron chi connectivity index (χ1n) is 4.53. The van der Waals surface area contributed by atoms with Gasteiger partial charge in [0.25, 0.3) is 6.57 Å². The van der Waals surface area contributed by atoms with Gasteiger partial charge in [0.2, 0.25) is 5.91 Å². The van der Waals surface area contributed by atoms with Gasteiger partial charge in [-0.15, -0.1) is 0 Å². The van der Waals surface area contributed by atoms with Crippen LogP contribution in [0.3, 0.4) is 0 Å². The van der Waals surface area contributed by atoms with Gasteiger partial charge >= 0.3 is 0 Å². The molecule has 1 atom stereocenters. The van der Waals surface area contributed by atoms with Crippen LogP contribution in [-0.2, 0) is 13.9 Å². The fourth-order valence-electron chi connectivity index (χ4n) is 0.811. The number of carbonyl (C=O) groups is 1. The van der Waals surface area contributed by atoms with Gasteiger partial charge in [-0.1, -0.05) is 11.4 Å². The maximum Gasteiger partial charge on any atom is 0.255 e. The smallest absolute Gasteiger partial charge is 0.255 e. The molecular formula is C8H18NO3PS. The molecule has 0 aromatic carbocycles. The molecule has 0 saturated heterocycles. The molecule has 84 valence electrons. The molecule has 0 aliphatic heterocycles. The molecule has 0 heterocycles. The number of hydrogen-bond acceptors (Lipinski definition) is 4. The van der Waals surface area contributed by atoms with E-state index < -0.39 is 6.57 Å². The van der Waals surface area contributed by atoms with Gasteiger partial charge in [-0.2, -0.15) is 0 Å². The molecule has 0 aromatic heterocycles. The third-order valence-corrected chi connectivity index (χ3v) is 4.94. The molecule has 4 nitrogen and oxygen atoms in total. The first kappa shape index (κ1) is 14.0. The molecule has 0 fully saturated rings. The Balaban J connectivity index is 3.82. The van der Waals surface area contributed by atoms with Crippen LogP contribution in [0.4, 0.5) is 0 Å². The fraction of sp³-hybridized carbons (Fsp3) is 0.875. The zero-order valence-corrected chi connectivity index (χ0v) is 10.8. The molecule has 0 spiro atoms. The quantitative estimate of drug-likeness (QED) is 0.721. The molecule has 1 N–H and O–H groups in total. The molecule has 0 saturated carbocycles. The maximum atomic E-state index is 11.6. The SMILES string of the molecule is CCOP(C)(=O)SCC(=O)NC(C)C. The van der Waals surface area contributed by atoms with E-state index in [-0.39, 0.29) is 17.7 Å². The Morgan fingerprint density at radius 2 is 2.14 bits per heavy atom. The summed E-state index contributed by atoms with van der Waals surface area (Å²) < 4.78 is 16.6. The molecule has 0 aliphatic carbocycles. The summed E-state index contributed by atoms with van der Waals surface area (Å²) in [5.74, 6) is 0.0816. The minimum absolute atomic E-state index is 0.105. The summed E-state index contributed by atoms with van der Waals surface area (Å²) in [4.78, 5) is 11.2. The monoisotopic (exact) mass is 239 g/mol. The van der Waals surface area contributed by atoms with Gasteiger partial charge in [0.05, 0.1) is 12.4 Å². The molecule has 0 aliphatic rings. The summed E-state index contributed by atoms with van der Waals surface area (Å²) in [6.07, 6.45) is 0. The van der Waals surface area contributed by atoms with Crippen LogP contribution in [0.1, 0.15) is 20.8 Å². The van der Waals surface area contributed by atoms with E-state index in [9.17, 15) is 9.36 Å². The second-order valence-electron chi connectivity index (χ2n) is 3.18. The predicted molar refractivity (Wildman–Crippen MR) is 60.9 cm³/mol. The lowest BCUT2D eigenvalue weighted by atomic mass is 10.4. The van der Waals surface area contributed by atoms with Gasteiger partial charge in [-0.05, 0) is 20.8 Å². The van der Waals surface area contributed by atoms with Gasteiger partial charge in [-0.3, -0.25) is 9.36 Å². The summed E-state index contributed by atoms with van der Waals surface area (Å²) in [5.41, 5.74) is 0. The van der Waals surface area contributed by atoms with Crippen molar-refractivity contribution in [3.8, 4) is 0 Å². The highest BCUT2D eigenvalue weighted by Crippen LogP contribution is 2.55. The Morgan fingerprint density at radius 3 is 2.57 bits per heavy atom. The van der Waals surface area contributed by atoms with Crippen LogP contribution in [0, 0.1) is 0 Å². The first-order valence-corrected chi connectivity index (χ1v) is 8.19. The van der Waals surface area contributed by atoms with Gasteiger partial charge in [-0.25, -0.2) is 0 Å². The van der Waals surface area contributed by atoms with Gasteiger partial charge in [0.15, 0.2) is 0 Å². The largest absolute Gasteiger partial charge is 0.353 e. The molecule has 0 aromatic rings. The number of carbonyl (C=O) groups excluding carboxylic acids is 1. The van der Waals surface area contributed by atoms with Crippen LogP contribution in [-0.4, -0.2) is 31.0 Å². The third-order valence-electron chi connectivity index (χ3n) is 1.24. The van der Waals surface area contributed by atoms with Crippen molar-refractivity contribution in [2.75, 3.05) is 19.0 Å². The minimum atomic E-state index is -2.63. The normalized spacial score (nSPS) is 15.2. The molecule has 14 heavy (non-hydrogen) atoms. The van der Waals surface area contributed by atoms with Crippen molar-refractivity contribution in [3.63, 3.8) is 0 Å². The van der Waals surface area contributed by atoms with E-state index in [1.54, 1.807) is 6.92 Å². The maximum absolute atomic E-state index is 11.6. The van der Waals surface area contributed by atoms with E-state index in [0.29, 0.717) is 6.61 Å². The Kier molecular flexibility index (Phi) is 6.49. The first-order chi connectivity index (χ1) is 6.37. The van der Waals surface area contributed by atoms with E-state index >= 15 is 0 Å². The number of amides is 1. The lowest BCUT2D eigenvalue weighted by Crippen LogP contribution is -2.31. The van der Waals surface area contributed by atoms with E-state index in [2.05, 4.69) is 5.32 Å². The van der Waals surface area contributed by atoms with E-state index in [0.717, 1.165) is 11.4 Å². The highest BCUT2D eigenvalue weighted by Gasteiger charge is 2.17. The summed E-state index contributed by atoms with van der Waals surface area (Å²) >= 11 is 1.07. The standard InChI is InChI=1S/C8H18NO3PS/c1-5-12-13(4,11)14-6-8(10)9-7(2)3/h7H,5-6H2,1-4H3,(H,9,10). The second kappa shape index (κ2) is 6.49. The van der Waals surface area contributed by atoms with Crippen molar-refractivity contribution in [2.24, 2.45) is 0 Å². The molecule has 0 rings (SSSR count). The van der Waals surface area contributed by atoms with Crippen LogP contribution in [0.2, 0.25) is 0 Å². The highest BCUT2D eigenvalue weighted by atomic mass is 32.7. The van der Waals surface area contributed by atoms with Gasteiger partial charge < -0.3 is 9.84 Å². The summed E-state index contributed by atoms with van der Waals surface area (Å²) in [6.45, 7) is 4.86. The van der Waals surface area contributed by atoms with Gasteiger partial charge in [0.1, 0.15) is 0 Å². The Labute approximate surface area is 89.4 Å². The van der Waals surface area contributed by atoms with E-state index in [1.807, 2.05) is 13.8 Å². The molecule has 1 amide bonds. The second-order valence-corrected chi connectivity index (χ2v) is 8.30. The fourth-order valence-corrected chi connectivity index (χ4v) is 3.39. The molecular weight excluding hydrogens is 221 g/mol. The summed E-state index contributed by atoms with van der Waals surface area (Å²) in [6, 6.07) is 0.117. The van der Waals surface area contributed by atoms with Crippen molar-refractivity contribution < 1.29 is 13.9 Å². The van der Waals surface area contributed by atoms with E-state index in [1.165, 1.54) is 6.66 Å². The molecule has 6 heteroatoms. The van der Waals surface area contributed by atoms with Crippen LogP contribution in [0.5, 0.6) is 0 Å². The topological polar surface area (TPSA) is 55.4 Å². The van der Waals surface area contributed by atoms with Crippen molar-refractivity contribution >= 4 is 23.9 Å². The van der Waals surface area contributed by atoms with Crippen LogP contribution in [0.15, 0.2) is 0 Å². The van der Waals surface area contributed by atoms with Crippen molar-refractivity contribution in [1.82, 2.24) is 5.32 Å². The highest BCUT2D eigenvalue weighted by molar-refractivity contribution is 8.56. The number of nitrogens with one attached hydrogen (secondary N) is 1. The number of hydrogen-bond donors (Lipinski definition) is 1. The van der Waals surface area contributed by atoms with Crippen LogP contribution >= 0.6 is 18.0 Å². The van der Waals surface area contributed by atoms with E-state index in [4.69, 9.17) is 4.52 Å². The Morgan fingerprint density at radius 1 is 1.57 bits per heavy atom. The predicted octanol–water partition coefficient (Wildman–Crippen LogP) is 2.10. The third kappa shape index (κ3) is 7.42.